The second-order valence-corrected chi connectivity index (χ2v) is 3.36. The van der Waals surface area contributed by atoms with Gasteiger partial charge in [-0.25, -0.2) is 4.39 Å². The first kappa shape index (κ1) is 12.4. The Kier molecular flexibility index (Phi) is 3.81. The largest absolute Gasteiger partial charge is 0.505 e. The van der Waals surface area contributed by atoms with Gasteiger partial charge in [0.2, 0.25) is 5.91 Å². The summed E-state index contributed by atoms with van der Waals surface area (Å²) in [6, 6.07) is 3.52. The van der Waals surface area contributed by atoms with Crippen molar-refractivity contribution in [1.29, 1.82) is 0 Å². The minimum atomic E-state index is -1.57. The van der Waals surface area contributed by atoms with Gasteiger partial charge in [0, 0.05) is 5.56 Å². The van der Waals surface area contributed by atoms with Crippen molar-refractivity contribution in [3.05, 3.63) is 29.6 Å². The molecule has 0 saturated carbocycles. The number of aromatic hydroxyl groups is 1. The van der Waals surface area contributed by atoms with E-state index in [2.05, 4.69) is 0 Å². The average molecular weight is 229 g/mol. The predicted octanol–water partition coefficient (Wildman–Crippen LogP) is -0.199. The lowest BCUT2D eigenvalue weighted by molar-refractivity contribution is -0.121. The summed E-state index contributed by atoms with van der Waals surface area (Å²) in [5.74, 6) is -2.47. The Morgan fingerprint density at radius 1 is 1.44 bits per heavy atom. The minimum absolute atomic E-state index is 0.186. The maximum atomic E-state index is 12.9. The standard InChI is InChI=1S/C10H12FNO4/c11-6-3-1-2-5(9(6)15)10(16)7(13)4-8(12)14/h1-3,7,10,13,15-16H,4H2,(H2,12,14). The highest BCUT2D eigenvalue weighted by Gasteiger charge is 2.23. The second-order valence-electron chi connectivity index (χ2n) is 3.36. The number of aliphatic hydroxyl groups excluding tert-OH is 2. The van der Waals surface area contributed by atoms with Gasteiger partial charge in [0.05, 0.1) is 12.5 Å². The molecule has 2 atom stereocenters. The first-order valence-electron chi connectivity index (χ1n) is 4.55. The van der Waals surface area contributed by atoms with E-state index in [9.17, 15) is 24.5 Å². The molecule has 0 aliphatic rings. The van der Waals surface area contributed by atoms with Gasteiger partial charge < -0.3 is 21.1 Å². The topological polar surface area (TPSA) is 104 Å². The van der Waals surface area contributed by atoms with Crippen molar-refractivity contribution in [2.24, 2.45) is 5.73 Å². The molecule has 2 unspecified atom stereocenters. The number of hydrogen-bond donors (Lipinski definition) is 4. The van der Waals surface area contributed by atoms with Gasteiger partial charge in [0.15, 0.2) is 11.6 Å². The van der Waals surface area contributed by atoms with Gasteiger partial charge in [0.25, 0.3) is 0 Å². The third-order valence-corrected chi connectivity index (χ3v) is 2.11. The molecule has 0 aliphatic carbocycles. The molecule has 0 bridgehead atoms. The molecule has 0 heterocycles. The summed E-state index contributed by atoms with van der Waals surface area (Å²) < 4.78 is 12.9. The third-order valence-electron chi connectivity index (χ3n) is 2.11. The lowest BCUT2D eigenvalue weighted by Gasteiger charge is -2.17. The van der Waals surface area contributed by atoms with Gasteiger partial charge >= 0.3 is 0 Å². The van der Waals surface area contributed by atoms with Gasteiger partial charge in [-0.15, -0.1) is 0 Å². The van der Waals surface area contributed by atoms with Crippen molar-refractivity contribution in [2.45, 2.75) is 18.6 Å². The molecule has 6 heteroatoms. The fourth-order valence-electron chi connectivity index (χ4n) is 1.30. The Balaban J connectivity index is 2.91. The molecule has 1 aromatic rings. The highest BCUT2D eigenvalue weighted by Crippen LogP contribution is 2.29. The number of phenolic OH excluding ortho intramolecular Hbond substituents is 1. The molecule has 5 nitrogen and oxygen atoms in total. The van der Waals surface area contributed by atoms with E-state index in [1.807, 2.05) is 0 Å². The molecule has 0 spiro atoms. The molecule has 0 radical (unpaired) electrons. The van der Waals surface area contributed by atoms with Crippen molar-refractivity contribution in [2.75, 3.05) is 0 Å². The van der Waals surface area contributed by atoms with Crippen LogP contribution in [0.1, 0.15) is 18.1 Å². The van der Waals surface area contributed by atoms with Crippen LogP contribution >= 0.6 is 0 Å². The van der Waals surface area contributed by atoms with E-state index in [1.54, 1.807) is 0 Å². The van der Waals surface area contributed by atoms with E-state index in [1.165, 1.54) is 12.1 Å². The van der Waals surface area contributed by atoms with Gasteiger partial charge in [0.1, 0.15) is 6.10 Å². The molecular formula is C10H12FNO4. The molecule has 0 aromatic heterocycles. The summed E-state index contributed by atoms with van der Waals surface area (Å²) in [6.07, 6.45) is -3.52. The molecular weight excluding hydrogens is 217 g/mol. The number of hydrogen-bond acceptors (Lipinski definition) is 4. The van der Waals surface area contributed by atoms with E-state index >= 15 is 0 Å². The summed E-state index contributed by atoms with van der Waals surface area (Å²) in [7, 11) is 0. The quantitative estimate of drug-likeness (QED) is 0.574. The zero-order valence-corrected chi connectivity index (χ0v) is 8.30. The SMILES string of the molecule is NC(=O)CC(O)C(O)c1cccc(F)c1O. The Morgan fingerprint density at radius 2 is 2.06 bits per heavy atom. The van der Waals surface area contributed by atoms with Gasteiger partial charge in [-0.05, 0) is 6.07 Å². The molecule has 0 aliphatic heterocycles. The molecule has 5 N–H and O–H groups in total. The number of benzene rings is 1. The molecule has 88 valence electrons. The van der Waals surface area contributed by atoms with E-state index in [-0.39, 0.29) is 5.56 Å². The van der Waals surface area contributed by atoms with Crippen LogP contribution < -0.4 is 5.73 Å². The second kappa shape index (κ2) is 4.91. The van der Waals surface area contributed by atoms with Crippen molar-refractivity contribution in [3.8, 4) is 5.75 Å². The van der Waals surface area contributed by atoms with Crippen molar-refractivity contribution in [1.82, 2.24) is 0 Å². The number of rotatable bonds is 4. The predicted molar refractivity (Wildman–Crippen MR) is 52.8 cm³/mol. The number of para-hydroxylation sites is 1. The molecule has 0 saturated heterocycles. The van der Waals surface area contributed by atoms with Crippen LogP contribution in [0.25, 0.3) is 0 Å². The third kappa shape index (κ3) is 2.68. The highest BCUT2D eigenvalue weighted by atomic mass is 19.1. The number of phenols is 1. The Morgan fingerprint density at radius 3 is 2.62 bits per heavy atom. The Hall–Kier alpha value is -1.66. The van der Waals surface area contributed by atoms with Crippen LogP contribution in [0.3, 0.4) is 0 Å². The average Bonchev–Trinajstić information content (AvgIpc) is 2.20. The fourth-order valence-corrected chi connectivity index (χ4v) is 1.30. The first-order valence-corrected chi connectivity index (χ1v) is 4.55. The number of primary amides is 1. The van der Waals surface area contributed by atoms with Crippen LogP contribution in [-0.4, -0.2) is 27.3 Å². The van der Waals surface area contributed by atoms with Crippen LogP contribution in [0.5, 0.6) is 5.75 Å². The molecule has 1 rings (SSSR count). The van der Waals surface area contributed by atoms with Gasteiger partial charge in [-0.2, -0.15) is 0 Å². The zero-order valence-electron chi connectivity index (χ0n) is 8.30. The summed E-state index contributed by atoms with van der Waals surface area (Å²) >= 11 is 0. The molecule has 16 heavy (non-hydrogen) atoms. The maximum Gasteiger partial charge on any atom is 0.220 e. The number of halogens is 1. The first-order chi connectivity index (χ1) is 7.43. The lowest BCUT2D eigenvalue weighted by atomic mass is 10.0. The normalized spacial score (nSPS) is 14.4. The summed E-state index contributed by atoms with van der Waals surface area (Å²) in [5.41, 5.74) is 4.64. The van der Waals surface area contributed by atoms with E-state index < -0.39 is 36.1 Å². The number of amides is 1. The van der Waals surface area contributed by atoms with Crippen LogP contribution in [0.15, 0.2) is 18.2 Å². The van der Waals surface area contributed by atoms with Crippen molar-refractivity contribution < 1.29 is 24.5 Å². The minimum Gasteiger partial charge on any atom is -0.505 e. The van der Waals surface area contributed by atoms with Crippen LogP contribution in [0.4, 0.5) is 4.39 Å². The number of carbonyl (C=O) groups is 1. The highest BCUT2D eigenvalue weighted by molar-refractivity contribution is 5.74. The fraction of sp³-hybridized carbons (Fsp3) is 0.300. The van der Waals surface area contributed by atoms with Gasteiger partial charge in [-0.3, -0.25) is 4.79 Å². The number of aliphatic hydroxyl groups is 2. The zero-order chi connectivity index (χ0) is 12.3. The lowest BCUT2D eigenvalue weighted by Crippen LogP contribution is -2.25. The van der Waals surface area contributed by atoms with Crippen LogP contribution in [0, 0.1) is 5.82 Å². The Labute approximate surface area is 90.9 Å². The number of carbonyl (C=O) groups excluding carboxylic acids is 1. The Bertz CT molecular complexity index is 396. The molecule has 1 amide bonds. The van der Waals surface area contributed by atoms with Gasteiger partial charge in [-0.1, -0.05) is 12.1 Å². The van der Waals surface area contributed by atoms with Crippen molar-refractivity contribution >= 4 is 5.91 Å². The van der Waals surface area contributed by atoms with E-state index in [4.69, 9.17) is 5.73 Å². The van der Waals surface area contributed by atoms with E-state index in [0.29, 0.717) is 0 Å². The summed E-state index contributed by atoms with van der Waals surface area (Å²) in [5, 5.41) is 28.2. The summed E-state index contributed by atoms with van der Waals surface area (Å²) in [6.45, 7) is 0. The maximum absolute atomic E-state index is 12.9. The summed E-state index contributed by atoms with van der Waals surface area (Å²) in [4.78, 5) is 10.5. The molecule has 0 fully saturated rings. The van der Waals surface area contributed by atoms with Crippen LogP contribution in [-0.2, 0) is 4.79 Å². The van der Waals surface area contributed by atoms with Crippen molar-refractivity contribution in [3.63, 3.8) is 0 Å². The van der Waals surface area contributed by atoms with Crippen LogP contribution in [0.2, 0.25) is 0 Å². The monoisotopic (exact) mass is 229 g/mol. The smallest absolute Gasteiger partial charge is 0.220 e. The molecule has 1 aromatic carbocycles. The number of nitrogens with two attached hydrogens (primary N) is 1. The van der Waals surface area contributed by atoms with E-state index in [0.717, 1.165) is 6.07 Å².